The molecule has 11 heavy (non-hydrogen) atoms. The average molecular weight is 153 g/mol. The van der Waals surface area contributed by atoms with Crippen molar-refractivity contribution in [2.45, 2.75) is 0 Å². The first-order valence-corrected chi connectivity index (χ1v) is 2.87. The summed E-state index contributed by atoms with van der Waals surface area (Å²) in [5.74, 6) is 0.383. The van der Waals surface area contributed by atoms with Crippen molar-refractivity contribution >= 4 is 5.69 Å². The molecule has 1 aromatic carbocycles. The molecule has 0 aliphatic carbocycles. The van der Waals surface area contributed by atoms with Gasteiger partial charge >= 0.3 is 0 Å². The van der Waals surface area contributed by atoms with Crippen LogP contribution in [0, 0.1) is 24.0 Å². The monoisotopic (exact) mass is 153 g/mol. The topological polar surface area (TPSA) is 26.0 Å². The average Bonchev–Trinajstić information content (AvgIpc) is 2.01. The molecule has 3 heteroatoms. The number of nitrogen functional groups attached to an aromatic ring is 1. The zero-order valence-electron chi connectivity index (χ0n) is 5.57. The van der Waals surface area contributed by atoms with Crippen LogP contribution in [0.5, 0.6) is 0 Å². The Labute approximate surface area is 62.8 Å². The van der Waals surface area contributed by atoms with Gasteiger partial charge in [0.15, 0.2) is 5.82 Å². The molecule has 0 heterocycles. The normalized spacial score (nSPS) is 9.18. The first kappa shape index (κ1) is 7.55. The van der Waals surface area contributed by atoms with Crippen molar-refractivity contribution in [1.29, 1.82) is 0 Å². The molecule has 0 atom stereocenters. The van der Waals surface area contributed by atoms with Gasteiger partial charge in [-0.2, -0.15) is 0 Å². The molecule has 0 aliphatic rings. The Balaban J connectivity index is 3.40. The van der Waals surface area contributed by atoms with Crippen molar-refractivity contribution in [2.75, 3.05) is 5.73 Å². The lowest BCUT2D eigenvalue weighted by Gasteiger charge is -1.99. The quantitative estimate of drug-likeness (QED) is 0.444. The third kappa shape index (κ3) is 1.15. The first-order chi connectivity index (χ1) is 5.16. The second kappa shape index (κ2) is 2.59. The summed E-state index contributed by atoms with van der Waals surface area (Å²) < 4.78 is 25.2. The minimum Gasteiger partial charge on any atom is -0.394 e. The van der Waals surface area contributed by atoms with Crippen LogP contribution in [0.25, 0.3) is 0 Å². The number of hydrogen-bond acceptors (Lipinski definition) is 1. The molecule has 0 saturated heterocycles. The first-order valence-electron chi connectivity index (χ1n) is 2.87. The maximum atomic E-state index is 12.8. The molecule has 0 amide bonds. The SMILES string of the molecule is C#Cc1ccc(F)c(N)c1F. The molecule has 2 N–H and O–H groups in total. The van der Waals surface area contributed by atoms with E-state index < -0.39 is 17.3 Å². The predicted molar refractivity (Wildman–Crippen MR) is 38.7 cm³/mol. The minimum absolute atomic E-state index is 0.0242. The van der Waals surface area contributed by atoms with Crippen LogP contribution < -0.4 is 5.73 Å². The second-order valence-corrected chi connectivity index (χ2v) is 1.97. The molecular weight excluding hydrogens is 148 g/mol. The molecule has 0 spiro atoms. The number of rotatable bonds is 0. The van der Waals surface area contributed by atoms with Gasteiger partial charge in [-0.1, -0.05) is 5.92 Å². The van der Waals surface area contributed by atoms with Crippen molar-refractivity contribution in [3.8, 4) is 12.3 Å². The molecule has 1 nitrogen and oxygen atoms in total. The van der Waals surface area contributed by atoms with Crippen LogP contribution >= 0.6 is 0 Å². The number of benzene rings is 1. The highest BCUT2D eigenvalue weighted by Gasteiger charge is 2.07. The highest BCUT2D eigenvalue weighted by molar-refractivity contribution is 5.49. The Morgan fingerprint density at radius 3 is 2.55 bits per heavy atom. The minimum atomic E-state index is -0.868. The summed E-state index contributed by atoms with van der Waals surface area (Å²) in [6.07, 6.45) is 4.90. The van der Waals surface area contributed by atoms with E-state index in [-0.39, 0.29) is 5.56 Å². The largest absolute Gasteiger partial charge is 0.394 e. The van der Waals surface area contributed by atoms with Crippen LogP contribution in [0.3, 0.4) is 0 Å². The molecule has 0 aliphatic heterocycles. The van der Waals surface area contributed by atoms with Crippen molar-refractivity contribution < 1.29 is 8.78 Å². The Morgan fingerprint density at radius 2 is 2.00 bits per heavy atom. The zero-order valence-corrected chi connectivity index (χ0v) is 5.57. The lowest BCUT2D eigenvalue weighted by molar-refractivity contribution is 0.589. The van der Waals surface area contributed by atoms with E-state index in [2.05, 4.69) is 0 Å². The number of nitrogens with two attached hydrogens (primary N) is 1. The van der Waals surface area contributed by atoms with Gasteiger partial charge in [-0.3, -0.25) is 0 Å². The standard InChI is InChI=1S/C8H5F2N/c1-2-5-3-4-6(9)8(11)7(5)10/h1,3-4H,11H2. The molecule has 0 saturated carbocycles. The van der Waals surface area contributed by atoms with Crippen molar-refractivity contribution in [3.05, 3.63) is 29.3 Å². The Hall–Kier alpha value is -1.56. The van der Waals surface area contributed by atoms with Crippen molar-refractivity contribution in [1.82, 2.24) is 0 Å². The Bertz CT molecular complexity index is 326. The fourth-order valence-electron chi connectivity index (χ4n) is 0.681. The maximum Gasteiger partial charge on any atom is 0.164 e. The lowest BCUT2D eigenvalue weighted by atomic mass is 10.2. The van der Waals surface area contributed by atoms with Gasteiger partial charge in [-0.15, -0.1) is 6.42 Å². The van der Waals surface area contributed by atoms with Crippen LogP contribution in [0.1, 0.15) is 5.56 Å². The molecule has 0 bridgehead atoms. The van der Waals surface area contributed by atoms with Gasteiger partial charge in [0.05, 0.1) is 5.56 Å². The molecule has 1 rings (SSSR count). The Kier molecular flexibility index (Phi) is 1.77. The molecule has 0 radical (unpaired) electrons. The van der Waals surface area contributed by atoms with E-state index in [0.29, 0.717) is 0 Å². The van der Waals surface area contributed by atoms with Crippen molar-refractivity contribution in [2.24, 2.45) is 0 Å². The van der Waals surface area contributed by atoms with E-state index in [0.717, 1.165) is 6.07 Å². The molecular formula is C8H5F2N. The molecule has 0 aromatic heterocycles. The summed E-state index contributed by atoms with van der Waals surface area (Å²) in [7, 11) is 0. The van der Waals surface area contributed by atoms with E-state index in [9.17, 15) is 8.78 Å². The zero-order chi connectivity index (χ0) is 8.43. The summed E-state index contributed by atoms with van der Waals surface area (Å²) in [6.45, 7) is 0. The van der Waals surface area contributed by atoms with Gasteiger partial charge in [0.25, 0.3) is 0 Å². The second-order valence-electron chi connectivity index (χ2n) is 1.97. The van der Waals surface area contributed by atoms with Gasteiger partial charge in [0.2, 0.25) is 0 Å². The van der Waals surface area contributed by atoms with Gasteiger partial charge in [0.1, 0.15) is 11.5 Å². The maximum absolute atomic E-state index is 12.8. The van der Waals surface area contributed by atoms with E-state index in [1.165, 1.54) is 6.07 Å². The van der Waals surface area contributed by atoms with Crippen LogP contribution in [0.2, 0.25) is 0 Å². The van der Waals surface area contributed by atoms with E-state index in [1.54, 1.807) is 0 Å². The number of hydrogen-bond donors (Lipinski definition) is 1. The van der Waals surface area contributed by atoms with Gasteiger partial charge in [-0.25, -0.2) is 8.78 Å². The molecule has 0 fully saturated rings. The van der Waals surface area contributed by atoms with Crippen LogP contribution in [0.4, 0.5) is 14.5 Å². The van der Waals surface area contributed by atoms with Crippen LogP contribution in [-0.4, -0.2) is 0 Å². The molecule has 56 valence electrons. The highest BCUT2D eigenvalue weighted by Crippen LogP contribution is 2.17. The summed E-state index contributed by atoms with van der Waals surface area (Å²) in [4.78, 5) is 0. The summed E-state index contributed by atoms with van der Waals surface area (Å²) >= 11 is 0. The fraction of sp³-hybridized carbons (Fsp3) is 0. The lowest BCUT2D eigenvalue weighted by Crippen LogP contribution is -1.97. The van der Waals surface area contributed by atoms with Gasteiger partial charge in [-0.05, 0) is 12.1 Å². The van der Waals surface area contributed by atoms with Gasteiger partial charge in [0, 0.05) is 0 Å². The predicted octanol–water partition coefficient (Wildman–Crippen LogP) is 1.53. The third-order valence-electron chi connectivity index (χ3n) is 1.28. The molecule has 0 unspecified atom stereocenters. The van der Waals surface area contributed by atoms with E-state index in [1.807, 2.05) is 5.92 Å². The van der Waals surface area contributed by atoms with Crippen LogP contribution in [0.15, 0.2) is 12.1 Å². The van der Waals surface area contributed by atoms with Crippen molar-refractivity contribution in [3.63, 3.8) is 0 Å². The summed E-state index contributed by atoms with van der Waals surface area (Å²) in [5.41, 5.74) is 4.46. The van der Waals surface area contributed by atoms with E-state index in [4.69, 9.17) is 12.2 Å². The van der Waals surface area contributed by atoms with Crippen LogP contribution in [-0.2, 0) is 0 Å². The highest BCUT2D eigenvalue weighted by atomic mass is 19.1. The summed E-state index contributed by atoms with van der Waals surface area (Å²) in [6, 6.07) is 2.20. The number of anilines is 1. The summed E-state index contributed by atoms with van der Waals surface area (Å²) in [5, 5.41) is 0. The van der Waals surface area contributed by atoms with Gasteiger partial charge < -0.3 is 5.73 Å². The fourth-order valence-corrected chi connectivity index (χ4v) is 0.681. The number of halogens is 2. The Morgan fingerprint density at radius 1 is 1.36 bits per heavy atom. The smallest absolute Gasteiger partial charge is 0.164 e. The third-order valence-corrected chi connectivity index (χ3v) is 1.28. The van der Waals surface area contributed by atoms with E-state index >= 15 is 0 Å². The number of terminal acetylenes is 1. The molecule has 1 aromatic rings.